The van der Waals surface area contributed by atoms with Gasteiger partial charge in [0.05, 0.1) is 5.52 Å². The van der Waals surface area contributed by atoms with Crippen molar-refractivity contribution in [3.63, 3.8) is 0 Å². The minimum absolute atomic E-state index is 0.121. The Kier molecular flexibility index (Phi) is 3.44. The molecule has 1 aromatic carbocycles. The third-order valence-corrected chi connectivity index (χ3v) is 3.75. The second-order valence-corrected chi connectivity index (χ2v) is 5.16. The smallest absolute Gasteiger partial charge is 0.224 e. The number of halogens is 1. The summed E-state index contributed by atoms with van der Waals surface area (Å²) in [7, 11) is 0. The molecule has 1 saturated heterocycles. The van der Waals surface area contributed by atoms with E-state index in [1.807, 2.05) is 29.2 Å². The van der Waals surface area contributed by atoms with Crippen LogP contribution in [0.5, 0.6) is 0 Å². The first kappa shape index (κ1) is 13.1. The number of aromatic nitrogens is 2. The molecule has 6 heteroatoms. The van der Waals surface area contributed by atoms with Crippen molar-refractivity contribution in [3.8, 4) is 0 Å². The lowest BCUT2D eigenvalue weighted by atomic mass is 10.2. The van der Waals surface area contributed by atoms with E-state index in [2.05, 4.69) is 14.9 Å². The van der Waals surface area contributed by atoms with E-state index < -0.39 is 0 Å². The molecule has 1 aliphatic rings. The van der Waals surface area contributed by atoms with Gasteiger partial charge in [0.25, 0.3) is 0 Å². The van der Waals surface area contributed by atoms with Gasteiger partial charge in [-0.1, -0.05) is 12.1 Å². The molecule has 1 aliphatic heterocycles. The average molecular weight is 291 g/mol. The molecule has 0 N–H and O–H groups in total. The second-order valence-electron chi connectivity index (χ2n) is 4.83. The maximum Gasteiger partial charge on any atom is 0.224 e. The third kappa shape index (κ3) is 2.41. The molecular formula is C14H15ClN4O. The third-order valence-electron chi connectivity index (χ3n) is 3.58. The number of anilines is 1. The van der Waals surface area contributed by atoms with Gasteiger partial charge in [-0.05, 0) is 23.7 Å². The zero-order valence-corrected chi connectivity index (χ0v) is 12.0. The van der Waals surface area contributed by atoms with Crippen LogP contribution in [-0.4, -0.2) is 47.0 Å². The number of carbonyl (C=O) groups excluding carboxylic acids is 1. The number of rotatable bonds is 1. The monoisotopic (exact) mass is 290 g/mol. The van der Waals surface area contributed by atoms with Gasteiger partial charge < -0.3 is 9.80 Å². The van der Waals surface area contributed by atoms with Gasteiger partial charge in [0.1, 0.15) is 5.82 Å². The zero-order chi connectivity index (χ0) is 14.1. The molecule has 2 aromatic rings. The Hall–Kier alpha value is -1.88. The molecule has 0 unspecified atom stereocenters. The van der Waals surface area contributed by atoms with E-state index >= 15 is 0 Å². The molecule has 0 saturated carbocycles. The molecule has 0 bridgehead atoms. The first-order valence-corrected chi connectivity index (χ1v) is 6.95. The van der Waals surface area contributed by atoms with E-state index in [4.69, 9.17) is 11.6 Å². The zero-order valence-electron chi connectivity index (χ0n) is 11.2. The van der Waals surface area contributed by atoms with Crippen molar-refractivity contribution in [3.05, 3.63) is 29.5 Å². The maximum absolute atomic E-state index is 11.4. The SMILES string of the molecule is CC(=O)N1CCN(c2nc(Cl)nc3ccccc23)CC1. The Morgan fingerprint density at radius 3 is 2.55 bits per heavy atom. The van der Waals surface area contributed by atoms with Crippen LogP contribution in [0.4, 0.5) is 5.82 Å². The fraction of sp³-hybridized carbons (Fsp3) is 0.357. The number of carbonyl (C=O) groups is 1. The Morgan fingerprint density at radius 2 is 1.85 bits per heavy atom. The predicted octanol–water partition coefficient (Wildman–Crippen LogP) is 1.95. The number of fused-ring (bicyclic) bond motifs is 1. The number of nitrogens with zero attached hydrogens (tertiary/aromatic N) is 4. The maximum atomic E-state index is 11.4. The highest BCUT2D eigenvalue weighted by Crippen LogP contribution is 2.26. The Bertz CT molecular complexity index is 653. The largest absolute Gasteiger partial charge is 0.352 e. The van der Waals surface area contributed by atoms with Crippen LogP contribution in [0.1, 0.15) is 6.92 Å². The van der Waals surface area contributed by atoms with Gasteiger partial charge in [-0.3, -0.25) is 4.79 Å². The van der Waals surface area contributed by atoms with Crippen LogP contribution in [0.3, 0.4) is 0 Å². The quantitative estimate of drug-likeness (QED) is 0.753. The molecule has 0 spiro atoms. The molecule has 2 heterocycles. The lowest BCUT2D eigenvalue weighted by Crippen LogP contribution is -2.48. The number of benzene rings is 1. The average Bonchev–Trinajstić information content (AvgIpc) is 2.46. The molecule has 1 amide bonds. The van der Waals surface area contributed by atoms with E-state index in [-0.39, 0.29) is 11.2 Å². The van der Waals surface area contributed by atoms with Gasteiger partial charge >= 0.3 is 0 Å². The summed E-state index contributed by atoms with van der Waals surface area (Å²) in [5.74, 6) is 0.971. The van der Waals surface area contributed by atoms with Crippen molar-refractivity contribution >= 4 is 34.2 Å². The second kappa shape index (κ2) is 5.25. The molecule has 0 aliphatic carbocycles. The molecule has 0 atom stereocenters. The molecule has 1 fully saturated rings. The first-order valence-electron chi connectivity index (χ1n) is 6.58. The van der Waals surface area contributed by atoms with Crippen LogP contribution in [0.15, 0.2) is 24.3 Å². The van der Waals surface area contributed by atoms with E-state index in [9.17, 15) is 4.79 Å². The highest BCUT2D eigenvalue weighted by Gasteiger charge is 2.21. The van der Waals surface area contributed by atoms with Gasteiger partial charge in [0, 0.05) is 38.5 Å². The fourth-order valence-electron chi connectivity index (χ4n) is 2.51. The standard InChI is InChI=1S/C14H15ClN4O/c1-10(20)18-6-8-19(9-7-18)13-11-4-2-3-5-12(11)16-14(15)17-13/h2-5H,6-9H2,1H3. The van der Waals surface area contributed by atoms with E-state index in [1.54, 1.807) is 6.92 Å². The number of hydrogen-bond donors (Lipinski definition) is 0. The van der Waals surface area contributed by atoms with Crippen molar-refractivity contribution in [2.75, 3.05) is 31.1 Å². The number of piperazine rings is 1. The van der Waals surface area contributed by atoms with Crippen LogP contribution in [0.25, 0.3) is 10.9 Å². The van der Waals surface area contributed by atoms with E-state index in [0.29, 0.717) is 13.1 Å². The molecule has 3 rings (SSSR count). The van der Waals surface area contributed by atoms with Gasteiger partial charge in [-0.25, -0.2) is 4.98 Å². The van der Waals surface area contributed by atoms with Crippen molar-refractivity contribution < 1.29 is 4.79 Å². The van der Waals surface area contributed by atoms with Crippen LogP contribution >= 0.6 is 11.6 Å². The highest BCUT2D eigenvalue weighted by atomic mass is 35.5. The van der Waals surface area contributed by atoms with Gasteiger partial charge in [-0.15, -0.1) is 0 Å². The summed E-state index contributed by atoms with van der Waals surface area (Å²) in [6.45, 7) is 4.55. The van der Waals surface area contributed by atoms with Crippen molar-refractivity contribution in [2.24, 2.45) is 0 Å². The highest BCUT2D eigenvalue weighted by molar-refractivity contribution is 6.28. The molecular weight excluding hydrogens is 276 g/mol. The van der Waals surface area contributed by atoms with Crippen LogP contribution in [-0.2, 0) is 4.79 Å². The topological polar surface area (TPSA) is 49.3 Å². The van der Waals surface area contributed by atoms with Crippen LogP contribution < -0.4 is 4.90 Å². The molecule has 0 radical (unpaired) electrons. The van der Waals surface area contributed by atoms with Crippen molar-refractivity contribution in [2.45, 2.75) is 6.92 Å². The molecule has 20 heavy (non-hydrogen) atoms. The minimum Gasteiger partial charge on any atom is -0.352 e. The normalized spacial score (nSPS) is 15.7. The Morgan fingerprint density at radius 1 is 1.15 bits per heavy atom. The summed E-state index contributed by atoms with van der Waals surface area (Å²) in [6, 6.07) is 7.83. The van der Waals surface area contributed by atoms with Crippen LogP contribution in [0, 0.1) is 0 Å². The van der Waals surface area contributed by atoms with Gasteiger partial charge in [-0.2, -0.15) is 4.98 Å². The summed E-state index contributed by atoms with van der Waals surface area (Å²) < 4.78 is 0. The van der Waals surface area contributed by atoms with E-state index in [1.165, 1.54) is 0 Å². The van der Waals surface area contributed by atoms with Gasteiger partial charge in [0.2, 0.25) is 11.2 Å². The summed E-state index contributed by atoms with van der Waals surface area (Å²) in [4.78, 5) is 24.0. The number of para-hydroxylation sites is 1. The molecule has 5 nitrogen and oxygen atoms in total. The number of amides is 1. The van der Waals surface area contributed by atoms with Crippen molar-refractivity contribution in [1.82, 2.24) is 14.9 Å². The first-order chi connectivity index (χ1) is 9.65. The van der Waals surface area contributed by atoms with Crippen LogP contribution in [0.2, 0.25) is 5.28 Å². The molecule has 104 valence electrons. The van der Waals surface area contributed by atoms with Gasteiger partial charge in [0.15, 0.2) is 0 Å². The fourth-order valence-corrected chi connectivity index (χ4v) is 2.68. The number of hydrogen-bond acceptors (Lipinski definition) is 4. The molecule has 1 aromatic heterocycles. The summed E-state index contributed by atoms with van der Waals surface area (Å²) in [5.41, 5.74) is 0.844. The minimum atomic E-state index is 0.121. The Labute approximate surface area is 122 Å². The predicted molar refractivity (Wildman–Crippen MR) is 79.0 cm³/mol. The summed E-state index contributed by atoms with van der Waals surface area (Å²) in [5, 5.41) is 1.25. The lowest BCUT2D eigenvalue weighted by molar-refractivity contribution is -0.129. The Balaban J connectivity index is 1.93. The lowest BCUT2D eigenvalue weighted by Gasteiger charge is -2.35. The summed E-state index contributed by atoms with van der Waals surface area (Å²) in [6.07, 6.45) is 0. The van der Waals surface area contributed by atoms with E-state index in [0.717, 1.165) is 29.8 Å². The van der Waals surface area contributed by atoms with Crippen molar-refractivity contribution in [1.29, 1.82) is 0 Å². The summed E-state index contributed by atoms with van der Waals surface area (Å²) >= 11 is 6.01.